The average molecular weight is 178 g/mol. The summed E-state index contributed by atoms with van der Waals surface area (Å²) in [5.41, 5.74) is 0. The summed E-state index contributed by atoms with van der Waals surface area (Å²) in [5.74, 6) is -0.227. The summed E-state index contributed by atoms with van der Waals surface area (Å²) in [5, 5.41) is 7.80. The van der Waals surface area contributed by atoms with Crippen LogP contribution in [-0.4, -0.2) is 29.4 Å². The van der Waals surface area contributed by atoms with Crippen molar-refractivity contribution in [3.05, 3.63) is 0 Å². The van der Waals surface area contributed by atoms with E-state index < -0.39 is 11.9 Å². The Morgan fingerprint density at radius 2 is 1.73 bits per heavy atom. The molecule has 1 heterocycles. The number of carbonyl (C=O) groups is 2. The Labute approximate surface area is 69.9 Å². The number of aliphatic hydroxyl groups excluding tert-OH is 1. The van der Waals surface area contributed by atoms with Crippen molar-refractivity contribution in [1.82, 2.24) is 0 Å². The van der Waals surface area contributed by atoms with Crippen molar-refractivity contribution in [1.29, 1.82) is 0 Å². The van der Waals surface area contributed by atoms with Crippen molar-refractivity contribution in [3.63, 3.8) is 0 Å². The molecule has 11 heavy (non-hydrogen) atoms. The second-order valence-electron chi connectivity index (χ2n) is 1.79. The first kappa shape index (κ1) is 10.4. The molecule has 0 aliphatic carbocycles. The van der Waals surface area contributed by atoms with Crippen LogP contribution in [0.4, 0.5) is 0 Å². The zero-order valence-corrected chi connectivity index (χ0v) is 6.84. The topological polar surface area (TPSA) is 63.6 Å². The molecule has 0 spiro atoms. The molecule has 1 aliphatic heterocycles. The molecule has 1 fully saturated rings. The maximum absolute atomic E-state index is 10.0. The first-order valence-electron chi connectivity index (χ1n) is 3.16. The highest BCUT2D eigenvalue weighted by Gasteiger charge is 2.19. The quantitative estimate of drug-likeness (QED) is 0.330. The molecule has 64 valence electrons. The Bertz CT molecular complexity index is 130. The summed E-state index contributed by atoms with van der Waals surface area (Å²) >= 11 is 3.67. The molecule has 0 saturated carbocycles. The summed E-state index contributed by atoms with van der Waals surface area (Å²) in [6.07, 6.45) is 0.525. The van der Waals surface area contributed by atoms with Gasteiger partial charge in [0.15, 0.2) is 0 Å². The van der Waals surface area contributed by atoms with Crippen LogP contribution in [0.15, 0.2) is 0 Å². The van der Waals surface area contributed by atoms with Gasteiger partial charge in [-0.15, -0.1) is 0 Å². The van der Waals surface area contributed by atoms with E-state index in [0.29, 0.717) is 5.75 Å². The average Bonchev–Trinajstić information content (AvgIpc) is 2.35. The smallest absolute Gasteiger partial charge is 0.314 e. The molecule has 1 saturated heterocycles. The fourth-order valence-corrected chi connectivity index (χ4v) is 0.433. The number of hydrogen-bond acceptors (Lipinski definition) is 5. The summed E-state index contributed by atoms with van der Waals surface area (Å²) in [6, 6.07) is 0. The van der Waals surface area contributed by atoms with Gasteiger partial charge in [0.1, 0.15) is 0 Å². The minimum atomic E-state index is -0.398. The standard InChI is InChI=1S/C4H4O3.C2H6OS/c5-3-1-2-4(6)7-3;3-1-2-4/h1-2H2;3-4H,1-2H2. The van der Waals surface area contributed by atoms with Crippen molar-refractivity contribution in [3.8, 4) is 0 Å². The van der Waals surface area contributed by atoms with E-state index in [0.717, 1.165) is 0 Å². The zero-order valence-electron chi connectivity index (χ0n) is 5.95. The van der Waals surface area contributed by atoms with Gasteiger partial charge in [-0.3, -0.25) is 9.59 Å². The van der Waals surface area contributed by atoms with E-state index in [1.807, 2.05) is 0 Å². The number of ether oxygens (including phenoxy) is 1. The van der Waals surface area contributed by atoms with Crippen molar-refractivity contribution in [2.24, 2.45) is 0 Å². The summed E-state index contributed by atoms with van der Waals surface area (Å²) in [6.45, 7) is 0.184. The van der Waals surface area contributed by atoms with E-state index in [-0.39, 0.29) is 19.4 Å². The second-order valence-corrected chi connectivity index (χ2v) is 2.24. The molecular weight excluding hydrogens is 168 g/mol. The van der Waals surface area contributed by atoms with E-state index in [9.17, 15) is 9.59 Å². The molecule has 0 amide bonds. The van der Waals surface area contributed by atoms with Crippen molar-refractivity contribution >= 4 is 24.6 Å². The van der Waals surface area contributed by atoms with Crippen LogP contribution in [0.1, 0.15) is 12.8 Å². The van der Waals surface area contributed by atoms with E-state index >= 15 is 0 Å². The second kappa shape index (κ2) is 6.18. The Morgan fingerprint density at radius 3 is 1.82 bits per heavy atom. The van der Waals surface area contributed by atoms with Gasteiger partial charge in [0.25, 0.3) is 0 Å². The number of thiol groups is 1. The van der Waals surface area contributed by atoms with Gasteiger partial charge in [0, 0.05) is 5.75 Å². The van der Waals surface area contributed by atoms with Gasteiger partial charge in [-0.25, -0.2) is 0 Å². The number of aliphatic hydroxyl groups is 1. The molecule has 5 heteroatoms. The van der Waals surface area contributed by atoms with Gasteiger partial charge in [0.2, 0.25) is 0 Å². The van der Waals surface area contributed by atoms with Crippen LogP contribution in [-0.2, 0) is 14.3 Å². The molecule has 4 nitrogen and oxygen atoms in total. The first-order chi connectivity index (χ1) is 5.20. The van der Waals surface area contributed by atoms with Crippen molar-refractivity contribution in [2.75, 3.05) is 12.4 Å². The van der Waals surface area contributed by atoms with E-state index in [1.165, 1.54) is 0 Å². The van der Waals surface area contributed by atoms with Crippen LogP contribution >= 0.6 is 12.6 Å². The highest BCUT2D eigenvalue weighted by Crippen LogP contribution is 2.03. The molecule has 1 N–H and O–H groups in total. The SMILES string of the molecule is O=C1CCC(=O)O1.OCCS. The lowest BCUT2D eigenvalue weighted by molar-refractivity contribution is -0.151. The van der Waals surface area contributed by atoms with Crippen LogP contribution in [0.3, 0.4) is 0 Å². The first-order valence-corrected chi connectivity index (χ1v) is 3.79. The predicted molar refractivity (Wildman–Crippen MR) is 41.3 cm³/mol. The van der Waals surface area contributed by atoms with Gasteiger partial charge in [-0.1, -0.05) is 0 Å². The zero-order chi connectivity index (χ0) is 8.69. The fraction of sp³-hybridized carbons (Fsp3) is 0.667. The molecule has 0 bridgehead atoms. The Balaban J connectivity index is 0.000000218. The third-order valence-corrected chi connectivity index (χ3v) is 1.06. The highest BCUT2D eigenvalue weighted by molar-refractivity contribution is 7.80. The Morgan fingerprint density at radius 1 is 1.36 bits per heavy atom. The van der Waals surface area contributed by atoms with Crippen LogP contribution in [0.2, 0.25) is 0 Å². The molecule has 1 aliphatic rings. The lowest BCUT2D eigenvalue weighted by Gasteiger charge is -1.79. The van der Waals surface area contributed by atoms with Crippen molar-refractivity contribution in [2.45, 2.75) is 12.8 Å². The number of hydrogen-bond donors (Lipinski definition) is 2. The van der Waals surface area contributed by atoms with Crippen LogP contribution in [0, 0.1) is 0 Å². The third-order valence-electron chi connectivity index (χ3n) is 0.861. The fourth-order valence-electron chi connectivity index (χ4n) is 0.433. The Kier molecular flexibility index (Phi) is 5.87. The molecule has 0 aromatic heterocycles. The molecule has 0 atom stereocenters. The lowest BCUT2D eigenvalue weighted by Crippen LogP contribution is -1.94. The molecular formula is C6H10O4S. The summed E-state index contributed by atoms with van der Waals surface area (Å²) in [4.78, 5) is 20.0. The third kappa shape index (κ3) is 5.87. The van der Waals surface area contributed by atoms with E-state index in [1.54, 1.807) is 0 Å². The summed E-state index contributed by atoms with van der Waals surface area (Å²) < 4.78 is 4.08. The highest BCUT2D eigenvalue weighted by atomic mass is 32.1. The predicted octanol–water partition coefficient (Wildman–Crippen LogP) is -0.242. The van der Waals surface area contributed by atoms with Gasteiger partial charge < -0.3 is 9.84 Å². The normalized spacial score (nSPS) is 15.5. The molecule has 0 radical (unpaired) electrons. The largest absolute Gasteiger partial charge is 0.396 e. The van der Waals surface area contributed by atoms with E-state index in [2.05, 4.69) is 17.4 Å². The molecule has 1 rings (SSSR count). The Hall–Kier alpha value is -0.550. The molecule has 0 unspecified atom stereocenters. The van der Waals surface area contributed by atoms with Crippen molar-refractivity contribution < 1.29 is 19.4 Å². The van der Waals surface area contributed by atoms with Gasteiger partial charge in [-0.2, -0.15) is 12.6 Å². The summed E-state index contributed by atoms with van der Waals surface area (Å²) in [7, 11) is 0. The van der Waals surface area contributed by atoms with Crippen LogP contribution in [0.25, 0.3) is 0 Å². The van der Waals surface area contributed by atoms with E-state index in [4.69, 9.17) is 5.11 Å². The van der Waals surface area contributed by atoms with Crippen LogP contribution in [0.5, 0.6) is 0 Å². The number of cyclic esters (lactones) is 2. The number of rotatable bonds is 1. The van der Waals surface area contributed by atoms with Gasteiger partial charge in [-0.05, 0) is 0 Å². The van der Waals surface area contributed by atoms with Gasteiger partial charge in [0.05, 0.1) is 19.4 Å². The minimum Gasteiger partial charge on any atom is -0.396 e. The molecule has 0 aromatic rings. The lowest BCUT2D eigenvalue weighted by atomic mass is 10.4. The number of carbonyl (C=O) groups excluding carboxylic acids is 2. The van der Waals surface area contributed by atoms with Gasteiger partial charge >= 0.3 is 11.9 Å². The maximum Gasteiger partial charge on any atom is 0.314 e. The minimum absolute atomic E-state index is 0.184. The maximum atomic E-state index is 10.0. The number of esters is 2. The van der Waals surface area contributed by atoms with Crippen LogP contribution < -0.4 is 0 Å². The monoisotopic (exact) mass is 178 g/mol. The molecule has 0 aromatic carbocycles.